The summed E-state index contributed by atoms with van der Waals surface area (Å²) in [6.45, 7) is 2.32. The maximum Gasteiger partial charge on any atom is 0.183 e. The van der Waals surface area contributed by atoms with Crippen molar-refractivity contribution in [1.82, 2.24) is 14.7 Å². The van der Waals surface area contributed by atoms with Crippen LogP contribution in [0.1, 0.15) is 11.3 Å². The molecule has 1 N–H and O–H groups in total. The molecule has 30 heavy (non-hydrogen) atoms. The molecule has 2 aliphatic rings. The van der Waals surface area contributed by atoms with E-state index in [1.165, 1.54) is 0 Å². The third-order valence-corrected chi connectivity index (χ3v) is 7.37. The van der Waals surface area contributed by atoms with Gasteiger partial charge in [0.25, 0.3) is 0 Å². The summed E-state index contributed by atoms with van der Waals surface area (Å²) in [6.07, 6.45) is -0.227. The predicted octanol–water partition coefficient (Wildman–Crippen LogP) is 2.02. The summed E-state index contributed by atoms with van der Waals surface area (Å²) in [4.78, 5) is 2.52. The van der Waals surface area contributed by atoms with Gasteiger partial charge in [-0.2, -0.15) is 5.10 Å². The first kappa shape index (κ1) is 19.4. The van der Waals surface area contributed by atoms with Crippen molar-refractivity contribution in [2.45, 2.75) is 23.3 Å². The number of aliphatic hydroxyl groups is 1. The summed E-state index contributed by atoms with van der Waals surface area (Å²) in [5.74, 6) is -0.0602. The molecule has 0 bridgehead atoms. The molecule has 3 heterocycles. The molecule has 8 heteroatoms. The highest BCUT2D eigenvalue weighted by atomic mass is 32.2. The number of hydrogen-bond acceptors (Lipinski definition) is 6. The van der Waals surface area contributed by atoms with Gasteiger partial charge in [-0.15, -0.1) is 0 Å². The van der Waals surface area contributed by atoms with Crippen molar-refractivity contribution in [3.63, 3.8) is 0 Å². The molecule has 0 radical (unpaired) electrons. The molecule has 0 saturated carbocycles. The lowest BCUT2D eigenvalue weighted by atomic mass is 10.1. The largest absolute Gasteiger partial charge is 0.394 e. The first-order valence-corrected chi connectivity index (χ1v) is 11.7. The summed E-state index contributed by atoms with van der Waals surface area (Å²) < 4.78 is 33.5. The Morgan fingerprint density at radius 1 is 1.10 bits per heavy atom. The molecule has 156 valence electrons. The molecule has 1 unspecified atom stereocenters. The second-order valence-electron chi connectivity index (χ2n) is 7.69. The SMILES string of the molecule is O=S1(=O)Cc2c(CN3CCOC(CO)C3)nn(-c3ccccc3)c2-c2ccccc21. The van der Waals surface area contributed by atoms with Crippen LogP contribution in [0.5, 0.6) is 0 Å². The summed E-state index contributed by atoms with van der Waals surface area (Å²) in [6, 6.07) is 16.9. The van der Waals surface area contributed by atoms with E-state index >= 15 is 0 Å². The Balaban J connectivity index is 1.65. The van der Waals surface area contributed by atoms with E-state index in [1.807, 2.05) is 47.1 Å². The van der Waals surface area contributed by atoms with Crippen LogP contribution in [0, 0.1) is 0 Å². The molecule has 7 nitrogen and oxygen atoms in total. The number of morpholine rings is 1. The van der Waals surface area contributed by atoms with Gasteiger partial charge in [-0.05, 0) is 18.2 Å². The van der Waals surface area contributed by atoms with Crippen molar-refractivity contribution in [3.8, 4) is 16.9 Å². The Morgan fingerprint density at radius 3 is 2.67 bits per heavy atom. The minimum atomic E-state index is -3.44. The van der Waals surface area contributed by atoms with Crippen LogP contribution in [0.15, 0.2) is 59.5 Å². The molecule has 3 aromatic rings. The average molecular weight is 426 g/mol. The molecule has 0 aliphatic carbocycles. The van der Waals surface area contributed by atoms with Gasteiger partial charge in [-0.1, -0.05) is 36.4 Å². The zero-order valence-electron chi connectivity index (χ0n) is 16.4. The molecule has 5 rings (SSSR count). The smallest absolute Gasteiger partial charge is 0.183 e. The second kappa shape index (κ2) is 7.63. The highest BCUT2D eigenvalue weighted by molar-refractivity contribution is 7.90. The molecule has 1 aromatic heterocycles. The fourth-order valence-electron chi connectivity index (χ4n) is 4.25. The Kier molecular flexibility index (Phi) is 4.94. The van der Waals surface area contributed by atoms with Crippen LogP contribution >= 0.6 is 0 Å². The average Bonchev–Trinajstić information content (AvgIpc) is 3.12. The Hall–Kier alpha value is -2.52. The van der Waals surface area contributed by atoms with Gasteiger partial charge in [0.2, 0.25) is 0 Å². The van der Waals surface area contributed by atoms with Crippen molar-refractivity contribution in [1.29, 1.82) is 0 Å². The Bertz CT molecular complexity index is 1170. The first-order chi connectivity index (χ1) is 14.6. The first-order valence-electron chi connectivity index (χ1n) is 10.00. The number of aromatic nitrogens is 2. The van der Waals surface area contributed by atoms with Crippen LogP contribution in [0.25, 0.3) is 16.9 Å². The highest BCUT2D eigenvalue weighted by Gasteiger charge is 2.34. The molecule has 1 fully saturated rings. The van der Waals surface area contributed by atoms with E-state index in [2.05, 4.69) is 4.90 Å². The zero-order chi connectivity index (χ0) is 20.7. The van der Waals surface area contributed by atoms with E-state index in [1.54, 1.807) is 12.1 Å². The number of hydrogen-bond donors (Lipinski definition) is 1. The van der Waals surface area contributed by atoms with Crippen LogP contribution < -0.4 is 0 Å². The minimum absolute atomic E-state index is 0.0329. The standard InChI is InChI=1S/C22H23N3O4S/c26-14-17-12-24(10-11-29-17)13-20-19-15-30(27,28)21-9-5-4-8-18(21)22(19)25(23-20)16-6-2-1-3-7-16/h1-9,17,26H,10-15H2. The number of rotatable bonds is 4. The third kappa shape index (κ3) is 3.35. The number of aliphatic hydroxyl groups excluding tert-OH is 1. The lowest BCUT2D eigenvalue weighted by Crippen LogP contribution is -2.43. The van der Waals surface area contributed by atoms with Gasteiger partial charge in [0.05, 0.1) is 47.0 Å². The molecule has 2 aromatic carbocycles. The molecule has 0 spiro atoms. The summed E-state index contributed by atoms with van der Waals surface area (Å²) >= 11 is 0. The van der Waals surface area contributed by atoms with Crippen LogP contribution in [-0.4, -0.2) is 60.6 Å². The molecule has 0 amide bonds. The molecular weight excluding hydrogens is 402 g/mol. The molecule has 1 saturated heterocycles. The van der Waals surface area contributed by atoms with Crippen LogP contribution in [0.2, 0.25) is 0 Å². The van der Waals surface area contributed by atoms with E-state index < -0.39 is 9.84 Å². The van der Waals surface area contributed by atoms with Gasteiger partial charge in [0.15, 0.2) is 9.84 Å². The van der Waals surface area contributed by atoms with Crippen molar-refractivity contribution in [2.75, 3.05) is 26.3 Å². The number of fused-ring (bicyclic) bond motifs is 3. The lowest BCUT2D eigenvalue weighted by molar-refractivity contribution is -0.0554. The Morgan fingerprint density at radius 2 is 1.87 bits per heavy atom. The third-order valence-electron chi connectivity index (χ3n) is 5.68. The van der Waals surface area contributed by atoms with Crippen LogP contribution in [-0.2, 0) is 26.9 Å². The van der Waals surface area contributed by atoms with E-state index in [4.69, 9.17) is 9.84 Å². The maximum absolute atomic E-state index is 13.0. The summed E-state index contributed by atoms with van der Waals surface area (Å²) in [7, 11) is -3.44. The van der Waals surface area contributed by atoms with Gasteiger partial charge < -0.3 is 9.84 Å². The molecular formula is C22H23N3O4S. The highest BCUT2D eigenvalue weighted by Crippen LogP contribution is 2.40. The zero-order valence-corrected chi connectivity index (χ0v) is 17.3. The maximum atomic E-state index is 13.0. The topological polar surface area (TPSA) is 84.7 Å². The lowest BCUT2D eigenvalue weighted by Gasteiger charge is -2.31. The normalized spacial score (nSPS) is 20.5. The number of sulfone groups is 1. The number of para-hydroxylation sites is 1. The molecule has 1 atom stereocenters. The summed E-state index contributed by atoms with van der Waals surface area (Å²) in [5.41, 5.74) is 3.93. The monoisotopic (exact) mass is 425 g/mol. The van der Waals surface area contributed by atoms with Gasteiger partial charge in [0.1, 0.15) is 0 Å². The molecule has 2 aliphatic heterocycles. The Labute approximate surface area is 175 Å². The quantitative estimate of drug-likeness (QED) is 0.689. The van der Waals surface area contributed by atoms with Gasteiger partial charge in [-0.25, -0.2) is 13.1 Å². The number of benzene rings is 2. The predicted molar refractivity (Wildman–Crippen MR) is 112 cm³/mol. The fraction of sp³-hybridized carbons (Fsp3) is 0.318. The van der Waals surface area contributed by atoms with Crippen molar-refractivity contribution < 1.29 is 18.3 Å². The van der Waals surface area contributed by atoms with Gasteiger partial charge in [-0.3, -0.25) is 4.90 Å². The van der Waals surface area contributed by atoms with E-state index in [0.29, 0.717) is 36.7 Å². The fourth-order valence-corrected chi connectivity index (χ4v) is 5.88. The van der Waals surface area contributed by atoms with Gasteiger partial charge in [0, 0.05) is 30.8 Å². The van der Waals surface area contributed by atoms with Crippen molar-refractivity contribution in [3.05, 3.63) is 65.9 Å². The number of ether oxygens (including phenoxy) is 1. The summed E-state index contributed by atoms with van der Waals surface area (Å²) in [5, 5.41) is 14.3. The van der Waals surface area contributed by atoms with E-state index in [-0.39, 0.29) is 18.5 Å². The van der Waals surface area contributed by atoms with E-state index in [9.17, 15) is 13.5 Å². The van der Waals surface area contributed by atoms with Crippen molar-refractivity contribution in [2.24, 2.45) is 0 Å². The second-order valence-corrected chi connectivity index (χ2v) is 9.64. The van der Waals surface area contributed by atoms with Crippen molar-refractivity contribution >= 4 is 9.84 Å². The minimum Gasteiger partial charge on any atom is -0.394 e. The van der Waals surface area contributed by atoms with Gasteiger partial charge >= 0.3 is 0 Å². The number of nitrogens with zero attached hydrogens (tertiary/aromatic N) is 3. The van der Waals surface area contributed by atoms with E-state index in [0.717, 1.165) is 22.6 Å². The van der Waals surface area contributed by atoms with Crippen LogP contribution in [0.4, 0.5) is 0 Å². The van der Waals surface area contributed by atoms with Crippen LogP contribution in [0.3, 0.4) is 0 Å².